The molecule has 1 heterocycles. The molecule has 0 aliphatic carbocycles. The van der Waals surface area contributed by atoms with Crippen molar-refractivity contribution in [1.29, 1.82) is 0 Å². The molecular weight excluding hydrogens is 384 g/mol. The smallest absolute Gasteiger partial charge is 0.408 e. The number of hydrogen-bond acceptors (Lipinski definition) is 8. The molecule has 0 radical (unpaired) electrons. The van der Waals surface area contributed by atoms with Gasteiger partial charge >= 0.3 is 6.09 Å². The zero-order chi connectivity index (χ0) is 21.6. The summed E-state index contributed by atoms with van der Waals surface area (Å²) in [4.78, 5) is 24.7. The maximum atomic E-state index is 12.6. The van der Waals surface area contributed by atoms with E-state index in [9.17, 15) is 30.0 Å². The van der Waals surface area contributed by atoms with Crippen molar-refractivity contribution in [2.75, 3.05) is 6.61 Å². The van der Waals surface area contributed by atoms with Crippen LogP contribution in [0, 0.1) is 5.92 Å². The molecule has 1 fully saturated rings. The highest BCUT2D eigenvalue weighted by Gasteiger charge is 2.44. The van der Waals surface area contributed by atoms with Crippen LogP contribution < -0.4 is 10.6 Å². The van der Waals surface area contributed by atoms with Crippen LogP contribution in [0.4, 0.5) is 4.79 Å². The Morgan fingerprint density at radius 2 is 1.76 bits per heavy atom. The van der Waals surface area contributed by atoms with Gasteiger partial charge in [0.2, 0.25) is 5.91 Å². The first-order chi connectivity index (χ1) is 13.7. The quantitative estimate of drug-likeness (QED) is 0.328. The van der Waals surface area contributed by atoms with Gasteiger partial charge in [0.05, 0.1) is 6.61 Å². The second-order valence-corrected chi connectivity index (χ2v) is 7.19. The van der Waals surface area contributed by atoms with Crippen molar-refractivity contribution in [1.82, 2.24) is 10.6 Å². The molecule has 2 amide bonds. The Balaban J connectivity index is 1.95. The Morgan fingerprint density at radius 1 is 1.10 bits per heavy atom. The van der Waals surface area contributed by atoms with Crippen LogP contribution >= 0.6 is 0 Å². The van der Waals surface area contributed by atoms with Gasteiger partial charge in [-0.05, 0) is 11.5 Å². The van der Waals surface area contributed by atoms with E-state index < -0.39 is 55.3 Å². The predicted octanol–water partition coefficient (Wildman–Crippen LogP) is -1.15. The molecule has 1 aromatic carbocycles. The van der Waals surface area contributed by atoms with Gasteiger partial charge in [0.15, 0.2) is 6.23 Å². The molecule has 0 spiro atoms. The molecule has 0 saturated carbocycles. The predicted molar refractivity (Wildman–Crippen MR) is 100 cm³/mol. The third-order valence-corrected chi connectivity index (χ3v) is 4.61. The van der Waals surface area contributed by atoms with Gasteiger partial charge in [-0.25, -0.2) is 4.79 Å². The zero-order valence-electron chi connectivity index (χ0n) is 16.3. The highest BCUT2D eigenvalue weighted by molar-refractivity contribution is 5.86. The first kappa shape index (κ1) is 23.0. The molecular formula is C19H28N2O8. The van der Waals surface area contributed by atoms with E-state index in [4.69, 9.17) is 9.47 Å². The number of benzene rings is 1. The van der Waals surface area contributed by atoms with Crippen LogP contribution in [0.15, 0.2) is 30.3 Å². The Bertz CT molecular complexity index is 669. The third kappa shape index (κ3) is 6.12. The van der Waals surface area contributed by atoms with Crippen molar-refractivity contribution >= 4 is 12.0 Å². The molecule has 0 bridgehead atoms. The van der Waals surface area contributed by atoms with Gasteiger partial charge in [0.1, 0.15) is 37.1 Å². The average molecular weight is 412 g/mol. The number of hydrogen-bond donors (Lipinski definition) is 6. The standard InChI is InChI=1S/C19H28N2O8/c1-10(2)13(20-19(27)28-9-11-6-4-3-5-7-11)17(26)21-18-16(25)15(24)14(23)12(8-22)29-18/h3-7,10,12-16,18,22-25H,8-9H2,1-2H3,(H,20,27)(H,21,26)/t12-,13+,14-,15+,16-,18-/m1/s1. The molecule has 1 aliphatic rings. The number of carbonyl (C=O) groups excluding carboxylic acids is 2. The number of aliphatic hydroxyl groups excluding tert-OH is 4. The average Bonchev–Trinajstić information content (AvgIpc) is 2.71. The van der Waals surface area contributed by atoms with E-state index in [0.29, 0.717) is 0 Å². The minimum atomic E-state index is -1.62. The Hall–Kier alpha value is -2.24. The lowest BCUT2D eigenvalue weighted by Crippen LogP contribution is -2.65. The van der Waals surface area contributed by atoms with Crippen LogP contribution in [-0.2, 0) is 20.9 Å². The Labute approximate surface area is 168 Å². The lowest BCUT2D eigenvalue weighted by atomic mass is 9.97. The van der Waals surface area contributed by atoms with Crippen LogP contribution in [0.1, 0.15) is 19.4 Å². The van der Waals surface area contributed by atoms with Crippen LogP contribution in [0.25, 0.3) is 0 Å². The summed E-state index contributed by atoms with van der Waals surface area (Å²) in [6, 6.07) is 8.02. The maximum absolute atomic E-state index is 12.6. The van der Waals surface area contributed by atoms with Gasteiger partial charge in [-0.3, -0.25) is 4.79 Å². The van der Waals surface area contributed by atoms with E-state index in [2.05, 4.69) is 10.6 Å². The zero-order valence-corrected chi connectivity index (χ0v) is 16.3. The van der Waals surface area contributed by atoms with E-state index in [1.807, 2.05) is 6.07 Å². The van der Waals surface area contributed by atoms with Gasteiger partial charge in [-0.2, -0.15) is 0 Å². The summed E-state index contributed by atoms with van der Waals surface area (Å²) in [5.74, 6) is -1.01. The van der Waals surface area contributed by atoms with Crippen molar-refractivity contribution < 1.29 is 39.5 Å². The van der Waals surface area contributed by atoms with Crippen LogP contribution in [0.5, 0.6) is 0 Å². The summed E-state index contributed by atoms with van der Waals surface area (Å²) in [7, 11) is 0. The number of rotatable bonds is 7. The van der Waals surface area contributed by atoms with Gasteiger partial charge in [0.25, 0.3) is 0 Å². The molecule has 1 saturated heterocycles. The van der Waals surface area contributed by atoms with E-state index in [1.54, 1.807) is 38.1 Å². The van der Waals surface area contributed by atoms with Crippen molar-refractivity contribution in [3.05, 3.63) is 35.9 Å². The molecule has 6 atom stereocenters. The lowest BCUT2D eigenvalue weighted by molar-refractivity contribution is -0.236. The molecule has 6 N–H and O–H groups in total. The highest BCUT2D eigenvalue weighted by Crippen LogP contribution is 2.20. The van der Waals surface area contributed by atoms with E-state index >= 15 is 0 Å². The van der Waals surface area contributed by atoms with Gasteiger partial charge in [-0.15, -0.1) is 0 Å². The summed E-state index contributed by atoms with van der Waals surface area (Å²) < 4.78 is 10.4. The molecule has 162 valence electrons. The normalized spacial score (nSPS) is 27.9. The van der Waals surface area contributed by atoms with Crippen molar-refractivity contribution in [3.63, 3.8) is 0 Å². The van der Waals surface area contributed by atoms with Gasteiger partial charge < -0.3 is 40.5 Å². The summed E-state index contributed by atoms with van der Waals surface area (Å²) in [6.45, 7) is 2.82. The molecule has 2 rings (SSSR count). The van der Waals surface area contributed by atoms with Crippen LogP contribution in [-0.4, -0.2) is 75.7 Å². The topological polar surface area (TPSA) is 158 Å². The fourth-order valence-electron chi connectivity index (χ4n) is 2.88. The van der Waals surface area contributed by atoms with E-state index in [1.165, 1.54) is 0 Å². The molecule has 10 nitrogen and oxygen atoms in total. The molecule has 29 heavy (non-hydrogen) atoms. The van der Waals surface area contributed by atoms with Crippen LogP contribution in [0.2, 0.25) is 0 Å². The van der Waals surface area contributed by atoms with E-state index in [-0.39, 0.29) is 12.5 Å². The SMILES string of the molecule is CC(C)[C@H](NC(=O)OCc1ccccc1)C(=O)N[C@@H]1O[C@H](CO)[C@@H](O)[C@H](O)[C@H]1O. The third-order valence-electron chi connectivity index (χ3n) is 4.61. The number of alkyl carbamates (subject to hydrolysis) is 1. The van der Waals surface area contributed by atoms with Gasteiger partial charge in [-0.1, -0.05) is 44.2 Å². The number of amides is 2. The molecule has 0 aromatic heterocycles. The summed E-state index contributed by atoms with van der Waals surface area (Å²) in [6.07, 6.45) is -8.09. The number of nitrogens with one attached hydrogen (secondary N) is 2. The highest BCUT2D eigenvalue weighted by atomic mass is 16.6. The molecule has 1 aromatic rings. The van der Waals surface area contributed by atoms with E-state index in [0.717, 1.165) is 5.56 Å². The molecule has 10 heteroatoms. The van der Waals surface area contributed by atoms with Crippen molar-refractivity contribution in [3.8, 4) is 0 Å². The van der Waals surface area contributed by atoms with Crippen molar-refractivity contribution in [2.45, 2.75) is 57.1 Å². The Morgan fingerprint density at radius 3 is 2.34 bits per heavy atom. The number of aliphatic hydroxyl groups is 4. The largest absolute Gasteiger partial charge is 0.445 e. The number of ether oxygens (including phenoxy) is 2. The minimum Gasteiger partial charge on any atom is -0.445 e. The molecule has 0 unspecified atom stereocenters. The first-order valence-corrected chi connectivity index (χ1v) is 9.32. The monoisotopic (exact) mass is 412 g/mol. The Kier molecular flexibility index (Phi) is 8.35. The van der Waals surface area contributed by atoms with Gasteiger partial charge in [0, 0.05) is 0 Å². The number of carbonyl (C=O) groups is 2. The summed E-state index contributed by atoms with van der Waals surface area (Å²) in [5.41, 5.74) is 0.787. The summed E-state index contributed by atoms with van der Waals surface area (Å²) >= 11 is 0. The van der Waals surface area contributed by atoms with Crippen molar-refractivity contribution in [2.24, 2.45) is 5.92 Å². The second-order valence-electron chi connectivity index (χ2n) is 7.19. The second kappa shape index (κ2) is 10.5. The summed E-state index contributed by atoms with van der Waals surface area (Å²) in [5, 5.41) is 43.7. The fourth-order valence-corrected chi connectivity index (χ4v) is 2.88. The minimum absolute atomic E-state index is 0.0336. The molecule has 1 aliphatic heterocycles. The van der Waals surface area contributed by atoms with Crippen LogP contribution in [0.3, 0.4) is 0 Å². The lowest BCUT2D eigenvalue weighted by Gasteiger charge is -2.40. The maximum Gasteiger partial charge on any atom is 0.408 e. The first-order valence-electron chi connectivity index (χ1n) is 9.32. The fraction of sp³-hybridized carbons (Fsp3) is 0.579.